The van der Waals surface area contributed by atoms with Gasteiger partial charge in [0.15, 0.2) is 5.78 Å². The molecule has 1 aromatic carbocycles. The number of halogens is 9. The van der Waals surface area contributed by atoms with E-state index >= 15 is 0 Å². The van der Waals surface area contributed by atoms with E-state index in [1.54, 1.807) is 4.90 Å². The maximum atomic E-state index is 13.7. The van der Waals surface area contributed by atoms with E-state index in [1.165, 1.54) is 6.08 Å². The summed E-state index contributed by atoms with van der Waals surface area (Å²) in [6.45, 7) is 3.79. The minimum atomic E-state index is -5.00. The molecule has 0 spiro atoms. The van der Waals surface area contributed by atoms with Gasteiger partial charge in [-0.25, -0.2) is 0 Å². The Morgan fingerprint density at radius 3 is 2.28 bits per heavy atom. The van der Waals surface area contributed by atoms with E-state index in [1.807, 2.05) is 13.8 Å². The Labute approximate surface area is 243 Å². The number of carbonyl (C=O) groups is 2. The van der Waals surface area contributed by atoms with E-state index in [4.69, 9.17) is 0 Å². The SMILES string of the molecule is C[C@]12CCC3C(CN(CCC(F)(F)F)C4=CC(=O)CC[C@@]43C)C1CCC2C(=O)Nc1cc(C(F)(F)F)ccc1C(F)(F)F. The summed E-state index contributed by atoms with van der Waals surface area (Å²) in [4.78, 5) is 27.5. The summed E-state index contributed by atoms with van der Waals surface area (Å²) >= 11 is 0. The first-order valence-corrected chi connectivity index (χ1v) is 14.4. The lowest BCUT2D eigenvalue weighted by atomic mass is 9.49. The molecule has 2 saturated carbocycles. The summed E-state index contributed by atoms with van der Waals surface area (Å²) in [5.41, 5.74) is -4.31. The fraction of sp³-hybridized carbons (Fsp3) is 0.667. The van der Waals surface area contributed by atoms with Crippen LogP contribution in [-0.2, 0) is 21.9 Å². The molecule has 1 N–H and O–H groups in total. The number of fused-ring (bicyclic) bond motifs is 5. The van der Waals surface area contributed by atoms with Gasteiger partial charge in [-0.15, -0.1) is 0 Å². The van der Waals surface area contributed by atoms with E-state index in [0.717, 1.165) is 0 Å². The van der Waals surface area contributed by atoms with Gasteiger partial charge in [0.2, 0.25) is 5.91 Å². The second-order valence-electron chi connectivity index (χ2n) is 13.0. The minimum absolute atomic E-state index is 0.0363. The zero-order valence-corrected chi connectivity index (χ0v) is 23.6. The number of nitrogens with zero attached hydrogens (tertiary/aromatic N) is 1. The molecule has 4 unspecified atom stereocenters. The zero-order valence-electron chi connectivity index (χ0n) is 23.6. The van der Waals surface area contributed by atoms with Gasteiger partial charge in [-0.2, -0.15) is 39.5 Å². The average Bonchev–Trinajstić information content (AvgIpc) is 3.24. The molecule has 1 aliphatic heterocycles. The fourth-order valence-electron chi connectivity index (χ4n) is 8.61. The zero-order chi connectivity index (χ0) is 31.8. The minimum Gasteiger partial charge on any atom is -0.374 e. The third-order valence-corrected chi connectivity index (χ3v) is 10.7. The van der Waals surface area contributed by atoms with Crippen LogP contribution in [0.5, 0.6) is 0 Å². The van der Waals surface area contributed by atoms with Crippen molar-refractivity contribution < 1.29 is 49.1 Å². The third kappa shape index (κ3) is 5.77. The summed E-state index contributed by atoms with van der Waals surface area (Å²) in [6.07, 6.45) is -11.2. The van der Waals surface area contributed by atoms with Crippen LogP contribution in [0.1, 0.15) is 69.9 Å². The van der Waals surface area contributed by atoms with Crippen molar-refractivity contribution in [2.24, 2.45) is 34.5 Å². The van der Waals surface area contributed by atoms with Crippen molar-refractivity contribution in [1.29, 1.82) is 0 Å². The van der Waals surface area contributed by atoms with Crippen LogP contribution in [0.15, 0.2) is 30.0 Å². The predicted molar refractivity (Wildman–Crippen MR) is 138 cm³/mol. The first-order valence-electron chi connectivity index (χ1n) is 14.4. The molecule has 4 nitrogen and oxygen atoms in total. The van der Waals surface area contributed by atoms with Crippen LogP contribution in [-0.4, -0.2) is 35.9 Å². The molecule has 6 atom stereocenters. The topological polar surface area (TPSA) is 49.4 Å². The lowest BCUT2D eigenvalue weighted by Gasteiger charge is -2.60. The van der Waals surface area contributed by atoms with Crippen molar-refractivity contribution in [3.05, 3.63) is 41.1 Å². The summed E-state index contributed by atoms with van der Waals surface area (Å²) in [5.74, 6) is -1.96. The number of ketones is 1. The van der Waals surface area contributed by atoms with Crippen LogP contribution in [0.4, 0.5) is 45.2 Å². The van der Waals surface area contributed by atoms with Gasteiger partial charge in [0, 0.05) is 42.6 Å². The van der Waals surface area contributed by atoms with Crippen molar-refractivity contribution >= 4 is 17.4 Å². The molecular formula is C30H33F9N2O2. The number of alkyl halides is 9. The monoisotopic (exact) mass is 624 g/mol. The Balaban J connectivity index is 1.43. The van der Waals surface area contributed by atoms with Gasteiger partial charge in [0.25, 0.3) is 0 Å². The Kier molecular flexibility index (Phi) is 7.68. The number of rotatable bonds is 4. The van der Waals surface area contributed by atoms with Crippen molar-refractivity contribution in [3.63, 3.8) is 0 Å². The quantitative estimate of drug-likeness (QED) is 0.344. The number of likely N-dealkylation sites (tertiary alicyclic amines) is 1. The molecule has 43 heavy (non-hydrogen) atoms. The van der Waals surface area contributed by atoms with Crippen LogP contribution in [0.25, 0.3) is 0 Å². The molecule has 0 radical (unpaired) electrons. The molecule has 4 aliphatic rings. The standard InChI is InChI=1S/C30H33F9N2O2/c1-26-10-8-20-18(15-41(12-11-28(31,32)33)24-14-17(42)7-9-27(20,24)2)19(26)5-6-22(26)25(43)40-23-13-16(29(34,35)36)3-4-21(23)30(37,38)39/h3-4,13-14,18-20,22H,5-12,15H2,1-2H3,(H,40,43)/t18?,19?,20?,22?,26-,27+/m0/s1. The first-order chi connectivity index (χ1) is 19.7. The van der Waals surface area contributed by atoms with Gasteiger partial charge < -0.3 is 10.2 Å². The molecule has 1 aromatic rings. The predicted octanol–water partition coefficient (Wildman–Crippen LogP) is 8.24. The Morgan fingerprint density at radius 2 is 1.65 bits per heavy atom. The summed E-state index contributed by atoms with van der Waals surface area (Å²) < 4.78 is 121. The number of anilines is 1. The molecular weight excluding hydrogens is 591 g/mol. The summed E-state index contributed by atoms with van der Waals surface area (Å²) in [5, 5.41) is 2.16. The van der Waals surface area contributed by atoms with Gasteiger partial charge >= 0.3 is 18.5 Å². The molecule has 3 aliphatic carbocycles. The number of hydrogen-bond donors (Lipinski definition) is 1. The van der Waals surface area contributed by atoms with E-state index in [2.05, 4.69) is 5.32 Å². The van der Waals surface area contributed by atoms with Crippen molar-refractivity contribution in [3.8, 4) is 0 Å². The number of piperidine rings is 1. The maximum absolute atomic E-state index is 13.7. The Hall–Kier alpha value is -2.73. The summed E-state index contributed by atoms with van der Waals surface area (Å²) in [6, 6.07) is 0.925. The highest BCUT2D eigenvalue weighted by molar-refractivity contribution is 5.94. The molecule has 0 aromatic heterocycles. The number of benzene rings is 1. The molecule has 13 heteroatoms. The summed E-state index contributed by atoms with van der Waals surface area (Å²) in [7, 11) is 0. The highest BCUT2D eigenvalue weighted by Gasteiger charge is 2.61. The van der Waals surface area contributed by atoms with E-state index in [9.17, 15) is 49.1 Å². The average molecular weight is 625 g/mol. The van der Waals surface area contributed by atoms with Gasteiger partial charge in [-0.3, -0.25) is 9.59 Å². The third-order valence-electron chi connectivity index (χ3n) is 10.7. The smallest absolute Gasteiger partial charge is 0.374 e. The Morgan fingerprint density at radius 1 is 0.953 bits per heavy atom. The van der Waals surface area contributed by atoms with Gasteiger partial charge in [0.1, 0.15) is 0 Å². The lowest BCUT2D eigenvalue weighted by molar-refractivity contribution is -0.144. The maximum Gasteiger partial charge on any atom is 0.418 e. The number of amides is 1. The van der Waals surface area contributed by atoms with Gasteiger partial charge in [-0.1, -0.05) is 13.8 Å². The normalized spacial score (nSPS) is 33.0. The van der Waals surface area contributed by atoms with Crippen molar-refractivity contribution in [1.82, 2.24) is 4.90 Å². The highest BCUT2D eigenvalue weighted by atomic mass is 19.4. The van der Waals surface area contributed by atoms with Crippen LogP contribution in [0, 0.1) is 34.5 Å². The first kappa shape index (κ1) is 31.7. The number of allylic oxidation sites excluding steroid dienone is 2. The number of carbonyl (C=O) groups excluding carboxylic acids is 2. The molecule has 0 bridgehead atoms. The molecule has 1 heterocycles. The van der Waals surface area contributed by atoms with Gasteiger partial charge in [-0.05, 0) is 73.5 Å². The fourth-order valence-corrected chi connectivity index (χ4v) is 8.61. The van der Waals surface area contributed by atoms with Gasteiger partial charge in [0.05, 0.1) is 23.2 Å². The van der Waals surface area contributed by atoms with Crippen molar-refractivity contribution in [2.75, 3.05) is 18.4 Å². The second kappa shape index (κ2) is 10.4. The van der Waals surface area contributed by atoms with Crippen LogP contribution >= 0.6 is 0 Å². The molecule has 3 fully saturated rings. The lowest BCUT2D eigenvalue weighted by Crippen LogP contribution is -2.58. The van der Waals surface area contributed by atoms with Crippen LogP contribution < -0.4 is 5.32 Å². The molecule has 1 saturated heterocycles. The largest absolute Gasteiger partial charge is 0.418 e. The molecule has 238 valence electrons. The number of hydrogen-bond acceptors (Lipinski definition) is 3. The Bertz CT molecular complexity index is 1320. The van der Waals surface area contributed by atoms with E-state index in [-0.39, 0.29) is 49.5 Å². The molecule has 5 rings (SSSR count). The number of nitrogens with one attached hydrogen (secondary N) is 1. The molecule has 1 amide bonds. The highest BCUT2D eigenvalue weighted by Crippen LogP contribution is 2.65. The van der Waals surface area contributed by atoms with Crippen LogP contribution in [0.3, 0.4) is 0 Å². The van der Waals surface area contributed by atoms with E-state index < -0.39 is 64.4 Å². The second-order valence-corrected chi connectivity index (χ2v) is 13.0. The van der Waals surface area contributed by atoms with Crippen LogP contribution in [0.2, 0.25) is 0 Å². The van der Waals surface area contributed by atoms with E-state index in [0.29, 0.717) is 49.6 Å². The van der Waals surface area contributed by atoms with Crippen molar-refractivity contribution in [2.45, 2.75) is 77.3 Å².